The molecule has 0 aromatic rings. The number of carbonyl (C=O) groups excluding carboxylic acids is 1. The number of carboxylic acids is 2. The van der Waals surface area contributed by atoms with Crippen molar-refractivity contribution in [2.24, 2.45) is 5.11 Å². The molecule has 9 nitrogen and oxygen atoms in total. The molecule has 0 aliphatic heterocycles. The smallest absolute Gasteiger partial charge is 0.326 e. The van der Waals surface area contributed by atoms with Crippen molar-refractivity contribution < 1.29 is 24.6 Å². The minimum Gasteiger partial charge on any atom is -0.481 e. The highest BCUT2D eigenvalue weighted by Gasteiger charge is 2.18. The normalized spacial score (nSPS) is 11.1. The summed E-state index contributed by atoms with van der Waals surface area (Å²) in [6.45, 7) is -0.0388. The van der Waals surface area contributed by atoms with Crippen LogP contribution in [-0.2, 0) is 14.4 Å². The molecule has 0 rings (SSSR count). The Morgan fingerprint density at radius 2 is 1.94 bits per heavy atom. The van der Waals surface area contributed by atoms with Gasteiger partial charge in [-0.3, -0.25) is 9.59 Å². The van der Waals surface area contributed by atoms with Crippen LogP contribution in [0.15, 0.2) is 5.11 Å². The Balaban J connectivity index is 4.07. The zero-order chi connectivity index (χ0) is 14.0. The second-order valence-corrected chi connectivity index (χ2v) is 3.45. The molecule has 1 amide bonds. The summed E-state index contributed by atoms with van der Waals surface area (Å²) < 4.78 is 0. The minimum absolute atomic E-state index is 0.00986. The van der Waals surface area contributed by atoms with E-state index in [1.165, 1.54) is 0 Å². The number of azide groups is 1. The zero-order valence-corrected chi connectivity index (χ0v) is 9.57. The van der Waals surface area contributed by atoms with Gasteiger partial charge in [0.15, 0.2) is 0 Å². The van der Waals surface area contributed by atoms with Gasteiger partial charge in [0.25, 0.3) is 0 Å². The van der Waals surface area contributed by atoms with Crippen molar-refractivity contribution in [1.82, 2.24) is 5.32 Å². The molecule has 100 valence electrons. The molecule has 18 heavy (non-hydrogen) atoms. The van der Waals surface area contributed by atoms with Crippen LogP contribution < -0.4 is 5.32 Å². The van der Waals surface area contributed by atoms with Crippen molar-refractivity contribution in [3.05, 3.63) is 10.4 Å². The highest BCUT2D eigenvalue weighted by atomic mass is 16.4. The van der Waals surface area contributed by atoms with Crippen molar-refractivity contribution >= 4 is 17.8 Å². The van der Waals surface area contributed by atoms with E-state index in [4.69, 9.17) is 15.7 Å². The number of nitrogens with one attached hydrogen (secondary N) is 1. The van der Waals surface area contributed by atoms with E-state index in [1.807, 2.05) is 0 Å². The Kier molecular flexibility index (Phi) is 7.71. The van der Waals surface area contributed by atoms with Gasteiger partial charge in [0, 0.05) is 24.3 Å². The van der Waals surface area contributed by atoms with Crippen LogP contribution in [0.3, 0.4) is 0 Å². The van der Waals surface area contributed by atoms with Crippen LogP contribution in [0, 0.1) is 0 Å². The molecule has 0 aromatic heterocycles. The predicted molar refractivity (Wildman–Crippen MR) is 59.7 cm³/mol. The van der Waals surface area contributed by atoms with Crippen LogP contribution in [0.4, 0.5) is 0 Å². The average Bonchev–Trinajstić information content (AvgIpc) is 2.27. The molecule has 0 aliphatic carbocycles. The molecule has 0 bridgehead atoms. The lowest BCUT2D eigenvalue weighted by molar-refractivity contribution is -0.142. The maximum atomic E-state index is 11.3. The van der Waals surface area contributed by atoms with Gasteiger partial charge in [0.2, 0.25) is 5.91 Å². The Bertz CT molecular complexity index is 364. The molecule has 1 unspecified atom stereocenters. The van der Waals surface area contributed by atoms with Gasteiger partial charge in [0.1, 0.15) is 6.04 Å². The average molecular weight is 258 g/mol. The van der Waals surface area contributed by atoms with E-state index in [-0.39, 0.29) is 32.2 Å². The number of carboxylic acid groups (broad SMARTS) is 2. The van der Waals surface area contributed by atoms with Crippen molar-refractivity contribution in [1.29, 1.82) is 0 Å². The van der Waals surface area contributed by atoms with Gasteiger partial charge < -0.3 is 15.5 Å². The Hall–Kier alpha value is -2.28. The molecule has 1 atom stereocenters. The summed E-state index contributed by atoms with van der Waals surface area (Å²) in [5.74, 6) is -2.78. The van der Waals surface area contributed by atoms with Crippen molar-refractivity contribution in [2.75, 3.05) is 6.54 Å². The first-order valence-corrected chi connectivity index (χ1v) is 5.22. The fraction of sp³-hybridized carbons (Fsp3) is 0.667. The number of carbonyl (C=O) groups is 3. The predicted octanol–water partition coefficient (Wildman–Crippen LogP) is 0.511. The highest BCUT2D eigenvalue weighted by molar-refractivity contribution is 5.83. The molecule has 0 radical (unpaired) electrons. The second kappa shape index (κ2) is 8.82. The molecule has 0 heterocycles. The fourth-order valence-corrected chi connectivity index (χ4v) is 1.16. The van der Waals surface area contributed by atoms with E-state index in [2.05, 4.69) is 15.3 Å². The SMILES string of the molecule is [N-]=[N+]=NCCC(NC(=O)CCCC(=O)O)C(=O)O. The maximum absolute atomic E-state index is 11.3. The molecule has 0 spiro atoms. The Morgan fingerprint density at radius 1 is 1.28 bits per heavy atom. The van der Waals surface area contributed by atoms with E-state index >= 15 is 0 Å². The quantitative estimate of drug-likeness (QED) is 0.312. The first kappa shape index (κ1) is 15.7. The standard InChI is InChI=1S/C9H14N4O5/c10-13-11-5-4-6(9(17)18)12-7(14)2-1-3-8(15)16/h6H,1-5H2,(H,12,14)(H,15,16)(H,17,18). The third-order valence-electron chi connectivity index (χ3n) is 2.01. The summed E-state index contributed by atoms with van der Waals surface area (Å²) in [5.41, 5.74) is 8.04. The lowest BCUT2D eigenvalue weighted by atomic mass is 10.2. The molecule has 0 aromatic carbocycles. The fourth-order valence-electron chi connectivity index (χ4n) is 1.16. The summed E-state index contributed by atoms with van der Waals surface area (Å²) in [5, 5.41) is 22.6. The molecule has 0 saturated carbocycles. The summed E-state index contributed by atoms with van der Waals surface area (Å²) in [6.07, 6.45) is -0.0740. The Labute approximate surface area is 102 Å². The molecule has 9 heteroatoms. The molecular weight excluding hydrogens is 244 g/mol. The third-order valence-corrected chi connectivity index (χ3v) is 2.01. The number of hydrogen-bond donors (Lipinski definition) is 3. The summed E-state index contributed by atoms with van der Waals surface area (Å²) in [7, 11) is 0. The monoisotopic (exact) mass is 258 g/mol. The van der Waals surface area contributed by atoms with E-state index < -0.39 is 23.9 Å². The Morgan fingerprint density at radius 3 is 2.44 bits per heavy atom. The van der Waals surface area contributed by atoms with E-state index in [0.717, 1.165) is 0 Å². The van der Waals surface area contributed by atoms with Crippen molar-refractivity contribution in [2.45, 2.75) is 31.7 Å². The number of aliphatic carboxylic acids is 2. The number of hydrogen-bond acceptors (Lipinski definition) is 4. The molecule has 3 N–H and O–H groups in total. The van der Waals surface area contributed by atoms with Crippen molar-refractivity contribution in [3.63, 3.8) is 0 Å². The maximum Gasteiger partial charge on any atom is 0.326 e. The summed E-state index contributed by atoms with van der Waals surface area (Å²) in [6, 6.07) is -1.13. The largest absolute Gasteiger partial charge is 0.481 e. The van der Waals surface area contributed by atoms with Gasteiger partial charge in [-0.25, -0.2) is 4.79 Å². The van der Waals surface area contributed by atoms with Crippen LogP contribution >= 0.6 is 0 Å². The first-order valence-electron chi connectivity index (χ1n) is 5.22. The number of amides is 1. The third kappa shape index (κ3) is 7.94. The van der Waals surface area contributed by atoms with Crippen molar-refractivity contribution in [3.8, 4) is 0 Å². The van der Waals surface area contributed by atoms with Crippen LogP contribution in [0.25, 0.3) is 10.4 Å². The lowest BCUT2D eigenvalue weighted by Crippen LogP contribution is -2.41. The zero-order valence-electron chi connectivity index (χ0n) is 9.57. The van der Waals surface area contributed by atoms with Crippen LogP contribution in [0.5, 0.6) is 0 Å². The van der Waals surface area contributed by atoms with E-state index in [9.17, 15) is 14.4 Å². The molecule has 0 saturated heterocycles. The lowest BCUT2D eigenvalue weighted by Gasteiger charge is -2.12. The van der Waals surface area contributed by atoms with Gasteiger partial charge in [-0.15, -0.1) is 0 Å². The van der Waals surface area contributed by atoms with Gasteiger partial charge in [0.05, 0.1) is 0 Å². The van der Waals surface area contributed by atoms with Gasteiger partial charge >= 0.3 is 11.9 Å². The topological polar surface area (TPSA) is 152 Å². The van der Waals surface area contributed by atoms with Gasteiger partial charge in [-0.1, -0.05) is 5.11 Å². The molecule has 0 fully saturated rings. The van der Waals surface area contributed by atoms with E-state index in [0.29, 0.717) is 0 Å². The summed E-state index contributed by atoms with van der Waals surface area (Å²) >= 11 is 0. The number of nitrogens with zero attached hydrogens (tertiary/aromatic N) is 3. The second-order valence-electron chi connectivity index (χ2n) is 3.45. The minimum atomic E-state index is -1.23. The first-order chi connectivity index (χ1) is 8.47. The van der Waals surface area contributed by atoms with Crippen LogP contribution in [0.1, 0.15) is 25.7 Å². The molecule has 0 aliphatic rings. The van der Waals surface area contributed by atoms with E-state index in [1.54, 1.807) is 0 Å². The molecular formula is C9H14N4O5. The van der Waals surface area contributed by atoms with Gasteiger partial charge in [-0.2, -0.15) is 0 Å². The van der Waals surface area contributed by atoms with Gasteiger partial charge in [-0.05, 0) is 18.4 Å². The number of rotatable bonds is 9. The summed E-state index contributed by atoms with van der Waals surface area (Å²) in [4.78, 5) is 34.8. The van der Waals surface area contributed by atoms with Crippen LogP contribution in [0.2, 0.25) is 0 Å². The highest BCUT2D eigenvalue weighted by Crippen LogP contribution is 1.99. The van der Waals surface area contributed by atoms with Crippen LogP contribution in [-0.4, -0.2) is 40.6 Å².